The van der Waals surface area contributed by atoms with Gasteiger partial charge in [-0.3, -0.25) is 9.59 Å². The molecule has 4 nitrogen and oxygen atoms in total. The minimum atomic E-state index is -0.234. The number of phenols is 1. The first-order valence-electron chi connectivity index (χ1n) is 4.38. The van der Waals surface area contributed by atoms with Gasteiger partial charge in [0.2, 0.25) is 5.91 Å². The van der Waals surface area contributed by atoms with E-state index in [4.69, 9.17) is 11.6 Å². The summed E-state index contributed by atoms with van der Waals surface area (Å²) < 4.78 is 0. The SMILES string of the molecule is O=C1CC(=O)N(c2ccc(O)c(Cl)c2)C1. The van der Waals surface area contributed by atoms with Crippen LogP contribution in [0, 0.1) is 0 Å². The number of rotatable bonds is 1. The standard InChI is InChI=1S/C10H8ClNO3/c11-8-3-6(1-2-9(8)14)12-5-7(13)4-10(12)15/h1-3,14H,4-5H2. The number of benzene rings is 1. The molecule has 1 aromatic rings. The predicted octanol–water partition coefficient (Wildman–Crippen LogP) is 1.35. The van der Waals surface area contributed by atoms with Crippen molar-refractivity contribution in [3.63, 3.8) is 0 Å². The summed E-state index contributed by atoms with van der Waals surface area (Å²) in [6.07, 6.45) is -0.0570. The average molecular weight is 226 g/mol. The lowest BCUT2D eigenvalue weighted by Gasteiger charge is -2.14. The van der Waals surface area contributed by atoms with Gasteiger partial charge in [0.15, 0.2) is 5.78 Å². The monoisotopic (exact) mass is 225 g/mol. The zero-order chi connectivity index (χ0) is 11.0. The summed E-state index contributed by atoms with van der Waals surface area (Å²) >= 11 is 5.70. The maximum atomic E-state index is 11.4. The van der Waals surface area contributed by atoms with Gasteiger partial charge in [-0.2, -0.15) is 0 Å². The van der Waals surface area contributed by atoms with Crippen LogP contribution in [0.15, 0.2) is 18.2 Å². The van der Waals surface area contributed by atoms with Crippen molar-refractivity contribution in [2.45, 2.75) is 6.42 Å². The van der Waals surface area contributed by atoms with Gasteiger partial charge in [0, 0.05) is 5.69 Å². The first-order chi connectivity index (χ1) is 7.08. The van der Waals surface area contributed by atoms with Gasteiger partial charge in [0.25, 0.3) is 0 Å². The van der Waals surface area contributed by atoms with Crippen LogP contribution in [0.4, 0.5) is 5.69 Å². The molecule has 0 radical (unpaired) electrons. The molecule has 2 rings (SSSR count). The average Bonchev–Trinajstić information content (AvgIpc) is 2.50. The summed E-state index contributed by atoms with van der Waals surface area (Å²) in [4.78, 5) is 23.8. The van der Waals surface area contributed by atoms with E-state index in [9.17, 15) is 14.7 Å². The fourth-order valence-corrected chi connectivity index (χ4v) is 1.66. The molecule has 0 aliphatic carbocycles. The van der Waals surface area contributed by atoms with Crippen LogP contribution in [0.5, 0.6) is 5.75 Å². The summed E-state index contributed by atoms with van der Waals surface area (Å²) in [6.45, 7) is 0.0833. The van der Waals surface area contributed by atoms with Crippen LogP contribution in [-0.4, -0.2) is 23.3 Å². The van der Waals surface area contributed by atoms with Gasteiger partial charge in [-0.1, -0.05) is 11.6 Å². The molecule has 0 bridgehead atoms. The summed E-state index contributed by atoms with van der Waals surface area (Å²) in [6, 6.07) is 4.42. The second-order valence-corrected chi connectivity index (χ2v) is 3.74. The van der Waals surface area contributed by atoms with Gasteiger partial charge in [-0.05, 0) is 18.2 Å². The molecular formula is C10H8ClNO3. The fourth-order valence-electron chi connectivity index (χ4n) is 1.48. The molecule has 0 saturated carbocycles. The van der Waals surface area contributed by atoms with E-state index in [-0.39, 0.29) is 35.4 Å². The molecule has 1 amide bonds. The van der Waals surface area contributed by atoms with Gasteiger partial charge in [-0.15, -0.1) is 0 Å². The molecule has 1 saturated heterocycles. The zero-order valence-corrected chi connectivity index (χ0v) is 8.49. The van der Waals surface area contributed by atoms with Crippen LogP contribution in [0.3, 0.4) is 0 Å². The van der Waals surface area contributed by atoms with Crippen LogP contribution >= 0.6 is 11.6 Å². The highest BCUT2D eigenvalue weighted by molar-refractivity contribution is 6.32. The van der Waals surface area contributed by atoms with Crippen molar-refractivity contribution in [2.75, 3.05) is 11.4 Å². The van der Waals surface area contributed by atoms with E-state index in [0.29, 0.717) is 5.69 Å². The summed E-state index contributed by atoms with van der Waals surface area (Å²) in [5, 5.41) is 9.37. The molecule has 15 heavy (non-hydrogen) atoms. The van der Waals surface area contributed by atoms with Crippen LogP contribution in [-0.2, 0) is 9.59 Å². The van der Waals surface area contributed by atoms with Crippen molar-refractivity contribution >= 4 is 29.0 Å². The Kier molecular flexibility index (Phi) is 2.36. The molecule has 1 heterocycles. The van der Waals surface area contributed by atoms with Crippen LogP contribution in [0.1, 0.15) is 6.42 Å². The van der Waals surface area contributed by atoms with Crippen molar-refractivity contribution in [1.29, 1.82) is 0 Å². The maximum absolute atomic E-state index is 11.4. The largest absolute Gasteiger partial charge is 0.506 e. The van der Waals surface area contributed by atoms with Crippen molar-refractivity contribution in [3.8, 4) is 5.75 Å². The van der Waals surface area contributed by atoms with Gasteiger partial charge in [0.05, 0.1) is 18.0 Å². The summed E-state index contributed by atoms with van der Waals surface area (Å²) in [7, 11) is 0. The number of anilines is 1. The quantitative estimate of drug-likeness (QED) is 0.734. The Morgan fingerprint density at radius 1 is 1.33 bits per heavy atom. The number of carbonyl (C=O) groups excluding carboxylic acids is 2. The van der Waals surface area contributed by atoms with Crippen LogP contribution in [0.25, 0.3) is 0 Å². The number of Topliss-reactive ketones (excluding diaryl/α,β-unsaturated/α-hetero) is 1. The zero-order valence-electron chi connectivity index (χ0n) is 7.74. The number of halogens is 1. The molecule has 0 unspecified atom stereocenters. The lowest BCUT2D eigenvalue weighted by atomic mass is 10.3. The lowest BCUT2D eigenvalue weighted by Crippen LogP contribution is -2.24. The molecule has 5 heteroatoms. The lowest BCUT2D eigenvalue weighted by molar-refractivity contribution is -0.121. The summed E-state index contributed by atoms with van der Waals surface area (Å²) in [5.41, 5.74) is 0.536. The molecule has 1 fully saturated rings. The number of hydrogen-bond acceptors (Lipinski definition) is 3. The van der Waals surface area contributed by atoms with E-state index in [1.54, 1.807) is 6.07 Å². The Bertz CT molecular complexity index is 444. The molecule has 78 valence electrons. The third-order valence-electron chi connectivity index (χ3n) is 2.23. The first-order valence-corrected chi connectivity index (χ1v) is 4.76. The number of aromatic hydroxyl groups is 1. The Hall–Kier alpha value is -1.55. The topological polar surface area (TPSA) is 57.6 Å². The van der Waals surface area contributed by atoms with Crippen molar-refractivity contribution in [3.05, 3.63) is 23.2 Å². The van der Waals surface area contributed by atoms with Crippen molar-refractivity contribution in [2.24, 2.45) is 0 Å². The number of amides is 1. The van der Waals surface area contributed by atoms with Gasteiger partial charge < -0.3 is 10.0 Å². The second-order valence-electron chi connectivity index (χ2n) is 3.33. The van der Waals surface area contributed by atoms with E-state index in [1.807, 2.05) is 0 Å². The number of phenolic OH excluding ortho intramolecular Hbond substituents is 1. The third-order valence-corrected chi connectivity index (χ3v) is 2.53. The fraction of sp³-hybridized carbons (Fsp3) is 0.200. The molecule has 1 N–H and O–H groups in total. The number of hydrogen-bond donors (Lipinski definition) is 1. The second kappa shape index (κ2) is 3.55. The molecule has 1 aliphatic rings. The highest BCUT2D eigenvalue weighted by Crippen LogP contribution is 2.29. The van der Waals surface area contributed by atoms with E-state index in [0.717, 1.165) is 0 Å². The smallest absolute Gasteiger partial charge is 0.234 e. The minimum absolute atomic E-state index is 0.0432. The Morgan fingerprint density at radius 3 is 2.60 bits per heavy atom. The maximum Gasteiger partial charge on any atom is 0.234 e. The van der Waals surface area contributed by atoms with Crippen molar-refractivity contribution < 1.29 is 14.7 Å². The van der Waals surface area contributed by atoms with Gasteiger partial charge in [-0.25, -0.2) is 0 Å². The van der Waals surface area contributed by atoms with Crippen LogP contribution < -0.4 is 4.90 Å². The van der Waals surface area contributed by atoms with E-state index >= 15 is 0 Å². The van der Waals surface area contributed by atoms with E-state index < -0.39 is 0 Å². The number of carbonyl (C=O) groups is 2. The van der Waals surface area contributed by atoms with E-state index in [2.05, 4.69) is 0 Å². The highest BCUT2D eigenvalue weighted by atomic mass is 35.5. The Balaban J connectivity index is 2.34. The predicted molar refractivity (Wildman–Crippen MR) is 55.1 cm³/mol. The van der Waals surface area contributed by atoms with Crippen LogP contribution in [0.2, 0.25) is 5.02 Å². The van der Waals surface area contributed by atoms with Crippen molar-refractivity contribution in [1.82, 2.24) is 0 Å². The molecule has 0 atom stereocenters. The van der Waals surface area contributed by atoms with Gasteiger partial charge in [0.1, 0.15) is 5.75 Å². The molecular weight excluding hydrogens is 218 g/mol. The minimum Gasteiger partial charge on any atom is -0.506 e. The Labute approximate surface area is 91.1 Å². The molecule has 0 spiro atoms. The summed E-state index contributed by atoms with van der Waals surface area (Å²) in [5.74, 6) is -0.385. The number of ketones is 1. The molecule has 0 aromatic heterocycles. The normalized spacial score (nSPS) is 16.2. The Morgan fingerprint density at radius 2 is 2.07 bits per heavy atom. The highest BCUT2D eigenvalue weighted by Gasteiger charge is 2.28. The van der Waals surface area contributed by atoms with E-state index in [1.165, 1.54) is 17.0 Å². The molecule has 1 aliphatic heterocycles. The first kappa shape index (κ1) is 9.98. The molecule has 1 aromatic carbocycles. The third kappa shape index (κ3) is 1.80. The van der Waals surface area contributed by atoms with Gasteiger partial charge >= 0.3 is 0 Å². The number of nitrogens with zero attached hydrogens (tertiary/aromatic N) is 1.